The number of ether oxygens (including phenoxy) is 1. The lowest BCUT2D eigenvalue weighted by Gasteiger charge is -2.16. The van der Waals surface area contributed by atoms with Crippen LogP contribution in [0.3, 0.4) is 0 Å². The van der Waals surface area contributed by atoms with Crippen LogP contribution in [0.15, 0.2) is 23.0 Å². The molecule has 3 rings (SSSR count). The van der Waals surface area contributed by atoms with Crippen molar-refractivity contribution < 1.29 is 14.3 Å². The molecule has 7 heteroatoms. The number of aromatic nitrogens is 2. The number of benzene rings is 1. The summed E-state index contributed by atoms with van der Waals surface area (Å²) in [5.41, 5.74) is 0.719. The summed E-state index contributed by atoms with van der Waals surface area (Å²) in [6.45, 7) is 4.20. The number of esters is 1. The van der Waals surface area contributed by atoms with E-state index in [-0.39, 0.29) is 29.7 Å². The first kappa shape index (κ1) is 20.0. The van der Waals surface area contributed by atoms with E-state index in [9.17, 15) is 14.4 Å². The van der Waals surface area contributed by atoms with E-state index in [1.54, 1.807) is 22.8 Å². The van der Waals surface area contributed by atoms with E-state index in [4.69, 9.17) is 4.74 Å². The van der Waals surface area contributed by atoms with Gasteiger partial charge in [-0.1, -0.05) is 19.8 Å². The summed E-state index contributed by atoms with van der Waals surface area (Å²) < 4.78 is 6.86. The van der Waals surface area contributed by atoms with Crippen molar-refractivity contribution in [1.82, 2.24) is 14.9 Å². The molecule has 0 bridgehead atoms. The first-order valence-electron chi connectivity index (χ1n) is 9.99. The lowest BCUT2D eigenvalue weighted by molar-refractivity contribution is -0.124. The third-order valence-electron chi connectivity index (χ3n) is 5.16. The predicted octanol–water partition coefficient (Wildman–Crippen LogP) is 2.58. The summed E-state index contributed by atoms with van der Waals surface area (Å²) in [5, 5.41) is 3.24. The van der Waals surface area contributed by atoms with Gasteiger partial charge in [-0.2, -0.15) is 0 Å². The van der Waals surface area contributed by atoms with Gasteiger partial charge in [0.2, 0.25) is 0 Å². The fourth-order valence-electron chi connectivity index (χ4n) is 3.36. The maximum atomic E-state index is 12.8. The van der Waals surface area contributed by atoms with E-state index >= 15 is 0 Å². The Labute approximate surface area is 164 Å². The molecular weight excluding hydrogens is 358 g/mol. The van der Waals surface area contributed by atoms with Crippen LogP contribution < -0.4 is 10.9 Å². The number of amides is 1. The first-order valence-corrected chi connectivity index (χ1v) is 9.99. The maximum absolute atomic E-state index is 12.8. The molecule has 28 heavy (non-hydrogen) atoms. The van der Waals surface area contributed by atoms with Crippen molar-refractivity contribution in [3.8, 4) is 0 Å². The second kappa shape index (κ2) is 8.99. The molecule has 0 saturated heterocycles. The van der Waals surface area contributed by atoms with Crippen molar-refractivity contribution >= 4 is 22.8 Å². The lowest BCUT2D eigenvalue weighted by atomic mass is 10.1. The Balaban J connectivity index is 1.79. The average Bonchev–Trinajstić information content (AvgIpc) is 2.67. The highest BCUT2D eigenvalue weighted by molar-refractivity contribution is 5.95. The Morgan fingerprint density at radius 1 is 1.25 bits per heavy atom. The number of carbonyl (C=O) groups excluding carboxylic acids is 2. The fourth-order valence-corrected chi connectivity index (χ4v) is 3.36. The lowest BCUT2D eigenvalue weighted by Crippen LogP contribution is -2.35. The van der Waals surface area contributed by atoms with Crippen LogP contribution in [-0.2, 0) is 22.5 Å². The highest BCUT2D eigenvalue weighted by atomic mass is 16.5. The number of hydrogen-bond acceptors (Lipinski definition) is 5. The molecule has 1 aromatic carbocycles. The van der Waals surface area contributed by atoms with Crippen LogP contribution in [0.5, 0.6) is 0 Å². The summed E-state index contributed by atoms with van der Waals surface area (Å²) >= 11 is 0. The average molecular weight is 385 g/mol. The molecule has 0 unspecified atom stereocenters. The molecule has 1 aromatic heterocycles. The van der Waals surface area contributed by atoms with E-state index in [1.165, 1.54) is 0 Å². The topological polar surface area (TPSA) is 90.3 Å². The number of fused-ring (bicyclic) bond motifs is 2. The van der Waals surface area contributed by atoms with E-state index in [0.29, 0.717) is 17.4 Å². The smallest absolute Gasteiger partial charge is 0.338 e. The predicted molar refractivity (Wildman–Crippen MR) is 106 cm³/mol. The van der Waals surface area contributed by atoms with Gasteiger partial charge in [-0.3, -0.25) is 14.2 Å². The van der Waals surface area contributed by atoms with Gasteiger partial charge in [-0.05, 0) is 44.4 Å². The largest absolute Gasteiger partial charge is 0.452 e. The van der Waals surface area contributed by atoms with Crippen molar-refractivity contribution in [2.24, 2.45) is 0 Å². The molecule has 1 amide bonds. The Bertz CT molecular complexity index is 935. The van der Waals surface area contributed by atoms with Gasteiger partial charge in [-0.15, -0.1) is 0 Å². The van der Waals surface area contributed by atoms with Crippen LogP contribution >= 0.6 is 0 Å². The Morgan fingerprint density at radius 2 is 2.04 bits per heavy atom. The summed E-state index contributed by atoms with van der Waals surface area (Å²) in [4.78, 5) is 41.6. The van der Waals surface area contributed by atoms with Crippen LogP contribution in [0.25, 0.3) is 10.9 Å². The molecule has 1 N–H and O–H groups in total. The molecule has 0 saturated carbocycles. The van der Waals surface area contributed by atoms with E-state index < -0.39 is 5.97 Å². The Morgan fingerprint density at radius 3 is 2.82 bits per heavy atom. The van der Waals surface area contributed by atoms with Crippen molar-refractivity contribution in [3.63, 3.8) is 0 Å². The number of hydrogen-bond donors (Lipinski definition) is 1. The summed E-state index contributed by atoms with van der Waals surface area (Å²) in [5.74, 6) is -0.160. The number of rotatable bonds is 5. The quantitative estimate of drug-likeness (QED) is 0.799. The number of carbonyl (C=O) groups is 2. The molecule has 150 valence electrons. The van der Waals surface area contributed by atoms with Gasteiger partial charge in [0.25, 0.3) is 11.5 Å². The van der Waals surface area contributed by atoms with E-state index in [0.717, 1.165) is 44.3 Å². The van der Waals surface area contributed by atoms with Crippen molar-refractivity contribution in [1.29, 1.82) is 0 Å². The van der Waals surface area contributed by atoms with Gasteiger partial charge in [0, 0.05) is 19.0 Å². The molecule has 1 aliphatic heterocycles. The number of nitrogens with zero attached hydrogens (tertiary/aromatic N) is 2. The minimum absolute atomic E-state index is 0.0310. The van der Waals surface area contributed by atoms with Crippen LogP contribution in [-0.4, -0.2) is 34.1 Å². The standard InChI is InChI=1S/C21H27N3O4/c1-3-14(2)22-19(25)13-28-21(27)15-9-10-16-17(12-15)23-18-8-6-4-5-7-11-24(18)20(16)26/h9-10,12,14H,3-8,11,13H2,1-2H3,(H,22,25)/t14-/m1/s1. The Kier molecular flexibility index (Phi) is 6.44. The summed E-state index contributed by atoms with van der Waals surface area (Å²) in [6, 6.07) is 4.78. The summed E-state index contributed by atoms with van der Waals surface area (Å²) in [6.07, 6.45) is 5.80. The molecule has 2 aromatic rings. The molecular formula is C21H27N3O4. The number of aryl methyl sites for hydroxylation is 1. The minimum atomic E-state index is -0.602. The third kappa shape index (κ3) is 4.58. The molecule has 0 radical (unpaired) electrons. The monoisotopic (exact) mass is 385 g/mol. The van der Waals surface area contributed by atoms with Gasteiger partial charge < -0.3 is 10.1 Å². The van der Waals surface area contributed by atoms with Crippen LogP contribution in [0.4, 0.5) is 0 Å². The van der Waals surface area contributed by atoms with Crippen molar-refractivity contribution in [3.05, 3.63) is 39.9 Å². The minimum Gasteiger partial charge on any atom is -0.452 e. The van der Waals surface area contributed by atoms with Gasteiger partial charge in [0.05, 0.1) is 16.5 Å². The van der Waals surface area contributed by atoms with Gasteiger partial charge in [0.15, 0.2) is 6.61 Å². The molecule has 1 atom stereocenters. The zero-order chi connectivity index (χ0) is 20.1. The van der Waals surface area contributed by atoms with Gasteiger partial charge >= 0.3 is 5.97 Å². The molecule has 7 nitrogen and oxygen atoms in total. The normalized spacial score (nSPS) is 15.2. The van der Waals surface area contributed by atoms with E-state index in [2.05, 4.69) is 10.3 Å². The van der Waals surface area contributed by atoms with Crippen molar-refractivity contribution in [2.45, 2.75) is 65.0 Å². The second-order valence-corrected chi connectivity index (χ2v) is 7.33. The third-order valence-corrected chi connectivity index (χ3v) is 5.16. The highest BCUT2D eigenvalue weighted by Crippen LogP contribution is 2.17. The molecule has 1 aliphatic rings. The van der Waals surface area contributed by atoms with Crippen LogP contribution in [0, 0.1) is 0 Å². The molecule has 0 spiro atoms. The first-order chi connectivity index (χ1) is 13.5. The van der Waals surface area contributed by atoms with E-state index in [1.807, 2.05) is 13.8 Å². The van der Waals surface area contributed by atoms with Crippen LogP contribution in [0.1, 0.15) is 62.1 Å². The SMILES string of the molecule is CC[C@@H](C)NC(=O)COC(=O)c1ccc2c(=O)n3c(nc2c1)CCCCCC3. The van der Waals surface area contributed by atoms with Gasteiger partial charge in [0.1, 0.15) is 5.82 Å². The fraction of sp³-hybridized carbons (Fsp3) is 0.524. The van der Waals surface area contributed by atoms with Crippen LogP contribution in [0.2, 0.25) is 0 Å². The zero-order valence-electron chi connectivity index (χ0n) is 16.5. The summed E-state index contributed by atoms with van der Waals surface area (Å²) in [7, 11) is 0. The molecule has 0 fully saturated rings. The Hall–Kier alpha value is -2.70. The highest BCUT2D eigenvalue weighted by Gasteiger charge is 2.16. The second-order valence-electron chi connectivity index (χ2n) is 7.33. The maximum Gasteiger partial charge on any atom is 0.338 e. The number of nitrogens with one attached hydrogen (secondary N) is 1. The molecule has 0 aliphatic carbocycles. The van der Waals surface area contributed by atoms with Crippen molar-refractivity contribution in [2.75, 3.05) is 6.61 Å². The van der Waals surface area contributed by atoms with Gasteiger partial charge in [-0.25, -0.2) is 9.78 Å². The zero-order valence-corrected chi connectivity index (χ0v) is 16.5. The molecule has 2 heterocycles.